The van der Waals surface area contributed by atoms with Crippen molar-refractivity contribution in [2.24, 2.45) is 5.92 Å². The normalized spacial score (nSPS) is 28.5. The van der Waals surface area contributed by atoms with Crippen molar-refractivity contribution in [2.75, 3.05) is 0 Å². The summed E-state index contributed by atoms with van der Waals surface area (Å²) in [6, 6.07) is 2.75. The Morgan fingerprint density at radius 3 is 2.73 bits per heavy atom. The molecule has 3 atom stereocenters. The second-order valence-electron chi connectivity index (χ2n) is 9.06. The van der Waals surface area contributed by atoms with E-state index in [9.17, 15) is 14.3 Å². The summed E-state index contributed by atoms with van der Waals surface area (Å²) in [5, 5.41) is 13.1. The zero-order chi connectivity index (χ0) is 19.1. The second kappa shape index (κ2) is 6.75. The van der Waals surface area contributed by atoms with Crippen molar-refractivity contribution in [3.63, 3.8) is 0 Å². The zero-order valence-electron chi connectivity index (χ0n) is 16.2. The van der Waals surface area contributed by atoms with Gasteiger partial charge in [-0.1, -0.05) is 26.2 Å². The molecule has 26 heavy (non-hydrogen) atoms. The van der Waals surface area contributed by atoms with Crippen molar-refractivity contribution >= 4 is 6.09 Å². The van der Waals surface area contributed by atoms with Gasteiger partial charge in [-0.15, -0.1) is 0 Å². The highest BCUT2D eigenvalue weighted by atomic mass is 19.1. The lowest BCUT2D eigenvalue weighted by atomic mass is 9.59. The zero-order valence-corrected chi connectivity index (χ0v) is 16.2. The van der Waals surface area contributed by atoms with Crippen LogP contribution in [-0.2, 0) is 16.6 Å². The Kier molecular flexibility index (Phi) is 4.93. The van der Waals surface area contributed by atoms with Crippen LogP contribution < -0.4 is 5.32 Å². The van der Waals surface area contributed by atoms with Crippen LogP contribution in [0, 0.1) is 11.7 Å². The lowest BCUT2D eigenvalue weighted by Crippen LogP contribution is -2.57. The molecular weight excluding hydrogens is 333 g/mol. The number of hydrogen-bond acceptors (Lipinski definition) is 3. The monoisotopic (exact) mass is 363 g/mol. The predicted octanol–water partition coefficient (Wildman–Crippen LogP) is 4.82. The van der Waals surface area contributed by atoms with Crippen LogP contribution >= 0.6 is 0 Å². The Hall–Kier alpha value is -1.78. The fourth-order valence-corrected chi connectivity index (χ4v) is 4.75. The van der Waals surface area contributed by atoms with Crippen LogP contribution in [0.2, 0.25) is 0 Å². The van der Waals surface area contributed by atoms with Crippen molar-refractivity contribution < 1.29 is 19.0 Å². The van der Waals surface area contributed by atoms with E-state index in [0.29, 0.717) is 12.0 Å². The van der Waals surface area contributed by atoms with Crippen molar-refractivity contribution in [3.8, 4) is 5.75 Å². The number of halogens is 1. The first-order chi connectivity index (χ1) is 12.1. The average Bonchev–Trinajstić information content (AvgIpc) is 2.49. The van der Waals surface area contributed by atoms with Gasteiger partial charge in [-0.2, -0.15) is 0 Å². The highest BCUT2D eigenvalue weighted by molar-refractivity contribution is 5.69. The molecule has 2 aliphatic carbocycles. The molecule has 0 spiro atoms. The summed E-state index contributed by atoms with van der Waals surface area (Å²) in [6.45, 7) is 7.62. The number of ether oxygens (including phenoxy) is 1. The molecule has 1 aromatic rings. The van der Waals surface area contributed by atoms with Crippen LogP contribution in [0.25, 0.3) is 0 Å². The number of benzene rings is 1. The molecule has 3 rings (SSSR count). The van der Waals surface area contributed by atoms with Gasteiger partial charge < -0.3 is 15.2 Å². The first kappa shape index (κ1) is 19.0. The Morgan fingerprint density at radius 1 is 1.31 bits per heavy atom. The number of hydrogen-bond donors (Lipinski definition) is 2. The first-order valence-electron chi connectivity index (χ1n) is 9.61. The molecule has 1 amide bonds. The number of alkyl carbamates (subject to hydrolysis) is 1. The smallest absolute Gasteiger partial charge is 0.407 e. The van der Waals surface area contributed by atoms with E-state index in [1.54, 1.807) is 6.07 Å². The van der Waals surface area contributed by atoms with Crippen LogP contribution in [0.15, 0.2) is 12.1 Å². The van der Waals surface area contributed by atoms with Crippen molar-refractivity contribution in [3.05, 3.63) is 29.1 Å². The van der Waals surface area contributed by atoms with Gasteiger partial charge in [0.15, 0.2) is 0 Å². The van der Waals surface area contributed by atoms with Gasteiger partial charge >= 0.3 is 6.09 Å². The van der Waals surface area contributed by atoms with Crippen LogP contribution in [0.1, 0.15) is 70.9 Å². The van der Waals surface area contributed by atoms with Gasteiger partial charge in [0.1, 0.15) is 17.2 Å². The number of rotatable bonds is 1. The molecule has 5 heteroatoms. The number of carbonyl (C=O) groups excluding carboxylic acids is 1. The molecule has 0 heterocycles. The highest BCUT2D eigenvalue weighted by Gasteiger charge is 2.47. The summed E-state index contributed by atoms with van der Waals surface area (Å²) < 4.78 is 20.1. The Labute approximate surface area is 155 Å². The van der Waals surface area contributed by atoms with E-state index in [1.165, 1.54) is 6.07 Å². The minimum Gasteiger partial charge on any atom is -0.508 e. The van der Waals surface area contributed by atoms with Crippen molar-refractivity contribution in [1.29, 1.82) is 0 Å². The molecule has 0 radical (unpaired) electrons. The summed E-state index contributed by atoms with van der Waals surface area (Å²) in [6.07, 6.45) is 5.20. The SMILES string of the molecule is CC(C)(C)OC(=O)N[C@H]1[C@H]2CCCCC[C@]1(C)c1cc(O)cc(F)c1C2. The lowest BCUT2D eigenvalue weighted by molar-refractivity contribution is 0.0416. The van der Waals surface area contributed by atoms with Gasteiger partial charge in [0.05, 0.1) is 0 Å². The number of fused-ring (bicyclic) bond motifs is 4. The molecule has 144 valence electrons. The van der Waals surface area contributed by atoms with E-state index >= 15 is 0 Å². The Balaban J connectivity index is 2.01. The number of carbonyl (C=O) groups is 1. The van der Waals surface area contributed by atoms with E-state index in [-0.39, 0.29) is 23.5 Å². The average molecular weight is 363 g/mol. The Morgan fingerprint density at radius 2 is 2.04 bits per heavy atom. The lowest BCUT2D eigenvalue weighted by Gasteiger charge is -2.49. The molecule has 2 N–H and O–H groups in total. The molecule has 2 aliphatic rings. The number of amides is 1. The summed E-state index contributed by atoms with van der Waals surface area (Å²) in [7, 11) is 0. The van der Waals surface area contributed by atoms with Gasteiger partial charge in [-0.3, -0.25) is 0 Å². The summed E-state index contributed by atoms with van der Waals surface area (Å²) >= 11 is 0. The topological polar surface area (TPSA) is 58.6 Å². The standard InChI is InChI=1S/C21H30FNO3/c1-20(2,3)26-19(25)23-18-13-8-6-5-7-9-21(18,4)16-11-14(24)12-17(22)15(16)10-13/h11-13,18,24H,5-10H2,1-4H3,(H,23,25)/t13-,18-,21+/m0/s1. The van der Waals surface area contributed by atoms with Crippen molar-refractivity contribution in [2.45, 2.75) is 83.3 Å². The summed E-state index contributed by atoms with van der Waals surface area (Å²) in [5.41, 5.74) is 0.535. The number of phenols is 1. The van der Waals surface area contributed by atoms with Gasteiger partial charge in [-0.05, 0) is 63.1 Å². The van der Waals surface area contributed by atoms with Gasteiger partial charge in [0.25, 0.3) is 0 Å². The second-order valence-corrected chi connectivity index (χ2v) is 9.06. The molecule has 0 aromatic heterocycles. The minimum absolute atomic E-state index is 0.0565. The maximum atomic E-state index is 14.6. The Bertz CT molecular complexity index is 697. The van der Waals surface area contributed by atoms with Crippen LogP contribution in [-0.4, -0.2) is 22.8 Å². The van der Waals surface area contributed by atoms with Crippen LogP contribution in [0.5, 0.6) is 5.75 Å². The number of phenolic OH excluding ortho intramolecular Hbond substituents is 1. The molecule has 1 aromatic carbocycles. The molecule has 0 saturated heterocycles. The third kappa shape index (κ3) is 3.67. The number of aromatic hydroxyl groups is 1. The molecular formula is C21H30FNO3. The highest BCUT2D eigenvalue weighted by Crippen LogP contribution is 2.48. The summed E-state index contributed by atoms with van der Waals surface area (Å²) in [5.74, 6) is -0.231. The molecule has 0 aliphatic heterocycles. The molecule has 1 saturated carbocycles. The van der Waals surface area contributed by atoms with E-state index in [1.807, 2.05) is 20.8 Å². The third-order valence-electron chi connectivity index (χ3n) is 5.86. The fraction of sp³-hybridized carbons (Fsp3) is 0.667. The maximum Gasteiger partial charge on any atom is 0.407 e. The molecule has 1 fully saturated rings. The fourth-order valence-electron chi connectivity index (χ4n) is 4.75. The first-order valence-corrected chi connectivity index (χ1v) is 9.61. The van der Waals surface area contributed by atoms with Crippen LogP contribution in [0.4, 0.5) is 9.18 Å². The quantitative estimate of drug-likeness (QED) is 0.752. The van der Waals surface area contributed by atoms with Gasteiger partial charge in [0, 0.05) is 17.5 Å². The molecule has 2 bridgehead atoms. The minimum atomic E-state index is -0.565. The van der Waals surface area contributed by atoms with E-state index in [2.05, 4.69) is 12.2 Å². The molecule has 4 nitrogen and oxygen atoms in total. The van der Waals surface area contributed by atoms with Crippen molar-refractivity contribution in [1.82, 2.24) is 5.32 Å². The van der Waals surface area contributed by atoms with Gasteiger partial charge in [0.2, 0.25) is 0 Å². The van der Waals surface area contributed by atoms with Gasteiger partial charge in [-0.25, -0.2) is 9.18 Å². The van der Waals surface area contributed by atoms with E-state index < -0.39 is 17.1 Å². The number of nitrogens with one attached hydrogen (secondary N) is 1. The molecule has 0 unspecified atom stereocenters. The van der Waals surface area contributed by atoms with E-state index in [4.69, 9.17) is 4.74 Å². The third-order valence-corrected chi connectivity index (χ3v) is 5.86. The van der Waals surface area contributed by atoms with E-state index in [0.717, 1.165) is 37.7 Å². The van der Waals surface area contributed by atoms with Crippen LogP contribution in [0.3, 0.4) is 0 Å². The maximum absolute atomic E-state index is 14.6. The summed E-state index contributed by atoms with van der Waals surface area (Å²) in [4.78, 5) is 12.5. The largest absolute Gasteiger partial charge is 0.508 e. The predicted molar refractivity (Wildman–Crippen MR) is 98.9 cm³/mol.